The number of hydrogen-bond donors (Lipinski definition) is 1. The summed E-state index contributed by atoms with van der Waals surface area (Å²) in [5.41, 5.74) is 0. The first-order valence-corrected chi connectivity index (χ1v) is 17.2. The molecule has 3 heterocycles. The number of halogens is 1. The van der Waals surface area contributed by atoms with Gasteiger partial charge in [-0.05, 0) is 89.3 Å². The summed E-state index contributed by atoms with van der Waals surface area (Å²) in [5.74, 6) is 0.974. The third-order valence-electron chi connectivity index (χ3n) is 9.19. The lowest BCUT2D eigenvalue weighted by molar-refractivity contribution is -0.145. The predicted octanol–water partition coefficient (Wildman–Crippen LogP) is 5.34. The summed E-state index contributed by atoms with van der Waals surface area (Å²) in [4.78, 5) is 46.4. The Kier molecular flexibility index (Phi) is 13.3. The number of rotatable bonds is 8. The van der Waals surface area contributed by atoms with E-state index < -0.39 is 6.09 Å². The predicted molar refractivity (Wildman–Crippen MR) is 176 cm³/mol. The van der Waals surface area contributed by atoms with Crippen LogP contribution in [0, 0.1) is 5.92 Å². The number of amides is 3. The summed E-state index contributed by atoms with van der Waals surface area (Å²) in [6.07, 6.45) is 8.60. The minimum Gasteiger partial charge on any atom is -0.409 e. The van der Waals surface area contributed by atoms with Crippen molar-refractivity contribution in [2.45, 2.75) is 76.5 Å². The number of para-hydroxylation sites is 1. The van der Waals surface area contributed by atoms with Gasteiger partial charge in [0.15, 0.2) is 5.75 Å². The first-order chi connectivity index (χ1) is 21.3. The molecule has 2 atom stereocenters. The first kappa shape index (κ1) is 34.2. The van der Waals surface area contributed by atoms with Crippen molar-refractivity contribution >= 4 is 41.3 Å². The molecule has 0 radical (unpaired) electrons. The van der Waals surface area contributed by atoms with E-state index in [1.165, 1.54) is 37.0 Å². The number of likely N-dealkylation sites (tertiary alicyclic amines) is 1. The molecule has 0 bridgehead atoms. The van der Waals surface area contributed by atoms with Gasteiger partial charge < -0.3 is 24.8 Å². The summed E-state index contributed by atoms with van der Waals surface area (Å²) < 4.78 is 5.54. The zero-order valence-corrected chi connectivity index (χ0v) is 27.9. The van der Waals surface area contributed by atoms with E-state index >= 15 is 0 Å². The van der Waals surface area contributed by atoms with Gasteiger partial charge in [-0.25, -0.2) is 4.79 Å². The molecule has 3 fully saturated rings. The van der Waals surface area contributed by atoms with Crippen LogP contribution >= 0.6 is 22.9 Å². The second kappa shape index (κ2) is 17.1. The zero-order valence-electron chi connectivity index (χ0n) is 26.3. The largest absolute Gasteiger partial charge is 0.415 e. The van der Waals surface area contributed by atoms with Gasteiger partial charge in [0.1, 0.15) is 0 Å². The maximum Gasteiger partial charge on any atom is 0.415 e. The smallest absolute Gasteiger partial charge is 0.409 e. The Morgan fingerprint density at radius 2 is 1.80 bits per heavy atom. The van der Waals surface area contributed by atoms with Crippen molar-refractivity contribution in [2.75, 3.05) is 46.8 Å². The molecule has 1 unspecified atom stereocenters. The number of carbonyl (C=O) groups is 3. The molecule has 1 N–H and O–H groups in total. The van der Waals surface area contributed by atoms with Crippen LogP contribution in [-0.2, 0) is 16.1 Å². The fourth-order valence-corrected chi connectivity index (χ4v) is 7.46. The summed E-state index contributed by atoms with van der Waals surface area (Å²) in [7, 11) is 4.35. The lowest BCUT2D eigenvalue weighted by atomic mass is 9.85. The SMILES string of the molecule is C[C@@H]1CN(C(=O)Oc2ccccc2Cl)CCN1C(=O)C(C1CCN(C)CC1)N(C)C1CCCCC1.O=CNCc1cccs1. The van der Waals surface area contributed by atoms with E-state index in [9.17, 15) is 14.4 Å². The highest BCUT2D eigenvalue weighted by Gasteiger charge is 2.41. The highest BCUT2D eigenvalue weighted by molar-refractivity contribution is 7.09. The highest BCUT2D eigenvalue weighted by atomic mass is 35.5. The summed E-state index contributed by atoms with van der Waals surface area (Å²) >= 11 is 7.80. The monoisotopic (exact) mass is 645 g/mol. The van der Waals surface area contributed by atoms with Crippen LogP contribution in [0.5, 0.6) is 5.75 Å². The number of piperidine rings is 1. The third kappa shape index (κ3) is 9.42. The minimum absolute atomic E-state index is 0.0661. The fraction of sp³-hybridized carbons (Fsp3) is 0.606. The quantitative estimate of drug-likeness (QED) is 0.390. The third-order valence-corrected chi connectivity index (χ3v) is 10.4. The lowest BCUT2D eigenvalue weighted by Gasteiger charge is -2.47. The molecular formula is C33H48ClN5O4S. The van der Waals surface area contributed by atoms with Crippen LogP contribution in [0.3, 0.4) is 0 Å². The number of ether oxygens (including phenoxy) is 1. The zero-order chi connectivity index (χ0) is 31.5. The van der Waals surface area contributed by atoms with Gasteiger partial charge >= 0.3 is 6.09 Å². The van der Waals surface area contributed by atoms with Gasteiger partial charge in [0.25, 0.3) is 0 Å². The Morgan fingerprint density at radius 3 is 2.43 bits per heavy atom. The van der Waals surface area contributed by atoms with Crippen LogP contribution in [0.4, 0.5) is 4.79 Å². The normalized spacial score (nSPS) is 20.9. The van der Waals surface area contributed by atoms with Crippen molar-refractivity contribution in [2.24, 2.45) is 5.92 Å². The fourth-order valence-electron chi connectivity index (χ4n) is 6.63. The summed E-state index contributed by atoms with van der Waals surface area (Å²) in [5, 5.41) is 4.98. The molecule has 1 saturated carbocycles. The molecule has 44 heavy (non-hydrogen) atoms. The van der Waals surface area contributed by atoms with Gasteiger partial charge in [-0.1, -0.05) is 49.1 Å². The molecular weight excluding hydrogens is 598 g/mol. The topological polar surface area (TPSA) is 85.4 Å². The lowest BCUT2D eigenvalue weighted by Crippen LogP contribution is -2.62. The Balaban J connectivity index is 0.000000421. The first-order valence-electron chi connectivity index (χ1n) is 15.9. The van der Waals surface area contributed by atoms with Crippen molar-refractivity contribution in [1.29, 1.82) is 0 Å². The standard InChI is InChI=1S/C27H41ClN4O3.C6H7NOS/c1-20-19-31(27(34)35-24-12-8-7-11-23(24)28)17-18-32(20)26(33)25(21-13-15-29(2)16-14-21)30(3)22-9-5-4-6-10-22;8-5-7-4-6-2-1-3-9-6/h7-8,11-12,20-22,25H,4-6,9-10,13-19H2,1-3H3;1-3,5H,4H2,(H,7,8)/t20-,25?;/m1./s1. The molecule has 0 spiro atoms. The molecule has 2 aromatic rings. The van der Waals surface area contributed by atoms with Gasteiger partial charge in [0.2, 0.25) is 12.3 Å². The van der Waals surface area contributed by atoms with Crippen LogP contribution in [0.25, 0.3) is 0 Å². The molecule has 3 aliphatic rings. The van der Waals surface area contributed by atoms with Gasteiger partial charge in [-0.2, -0.15) is 0 Å². The Bertz CT molecular complexity index is 1190. The number of piperazine rings is 1. The van der Waals surface area contributed by atoms with Crippen molar-refractivity contribution in [3.05, 3.63) is 51.7 Å². The summed E-state index contributed by atoms with van der Waals surface area (Å²) in [6.45, 7) is 6.24. The van der Waals surface area contributed by atoms with E-state index in [0.29, 0.717) is 55.3 Å². The number of benzene rings is 1. The highest BCUT2D eigenvalue weighted by Crippen LogP contribution is 2.31. The molecule has 5 rings (SSSR count). The number of nitrogens with zero attached hydrogens (tertiary/aromatic N) is 4. The maximum absolute atomic E-state index is 14.1. The molecule has 1 aromatic carbocycles. The molecule has 2 saturated heterocycles. The number of likely N-dealkylation sites (N-methyl/N-ethyl adjacent to an activating group) is 1. The molecule has 1 aliphatic carbocycles. The van der Waals surface area contributed by atoms with Crippen molar-refractivity contribution < 1.29 is 19.1 Å². The van der Waals surface area contributed by atoms with E-state index in [2.05, 4.69) is 29.2 Å². The van der Waals surface area contributed by atoms with Gasteiger partial charge in [0, 0.05) is 36.6 Å². The Hall–Kier alpha value is -2.66. The second-order valence-corrected chi connectivity index (χ2v) is 13.7. The van der Waals surface area contributed by atoms with Crippen LogP contribution in [0.1, 0.15) is 56.7 Å². The molecule has 3 amide bonds. The minimum atomic E-state index is -0.414. The number of nitrogens with one attached hydrogen (secondary N) is 1. The Morgan fingerprint density at radius 1 is 1.07 bits per heavy atom. The van der Waals surface area contributed by atoms with Gasteiger partial charge in [0.05, 0.1) is 17.6 Å². The van der Waals surface area contributed by atoms with Gasteiger partial charge in [-0.15, -0.1) is 11.3 Å². The number of carbonyl (C=O) groups excluding carboxylic acids is 3. The van der Waals surface area contributed by atoms with Crippen molar-refractivity contribution in [1.82, 2.24) is 24.9 Å². The molecule has 242 valence electrons. The molecule has 11 heteroatoms. The van der Waals surface area contributed by atoms with Gasteiger partial charge in [-0.3, -0.25) is 14.5 Å². The summed E-state index contributed by atoms with van der Waals surface area (Å²) in [6, 6.07) is 11.3. The van der Waals surface area contributed by atoms with Crippen LogP contribution in [0.2, 0.25) is 5.02 Å². The number of thiophene rings is 1. The van der Waals surface area contributed by atoms with Crippen LogP contribution < -0.4 is 10.1 Å². The second-order valence-electron chi connectivity index (χ2n) is 12.2. The van der Waals surface area contributed by atoms with Crippen molar-refractivity contribution in [3.63, 3.8) is 0 Å². The van der Waals surface area contributed by atoms with E-state index in [1.54, 1.807) is 40.5 Å². The average molecular weight is 646 g/mol. The van der Waals surface area contributed by atoms with Crippen LogP contribution in [0.15, 0.2) is 41.8 Å². The van der Waals surface area contributed by atoms with E-state index in [4.69, 9.17) is 16.3 Å². The van der Waals surface area contributed by atoms with E-state index in [1.807, 2.05) is 29.3 Å². The molecule has 2 aliphatic heterocycles. The number of hydrogen-bond acceptors (Lipinski definition) is 7. The molecule has 1 aromatic heterocycles. The van der Waals surface area contributed by atoms with E-state index in [-0.39, 0.29) is 18.0 Å². The maximum atomic E-state index is 14.1. The molecule has 9 nitrogen and oxygen atoms in total. The van der Waals surface area contributed by atoms with Crippen molar-refractivity contribution in [3.8, 4) is 5.75 Å². The average Bonchev–Trinajstić information content (AvgIpc) is 3.56. The van der Waals surface area contributed by atoms with Crippen LogP contribution in [-0.4, -0.2) is 103 Å². The van der Waals surface area contributed by atoms with E-state index in [0.717, 1.165) is 25.9 Å². The Labute approximate surface area is 271 Å².